The van der Waals surface area contributed by atoms with E-state index in [1.807, 2.05) is 60.7 Å². The summed E-state index contributed by atoms with van der Waals surface area (Å²) >= 11 is 7.46. The fourth-order valence-corrected chi connectivity index (χ4v) is 3.98. The molecule has 0 aliphatic carbocycles. The number of hydrogen-bond acceptors (Lipinski definition) is 7. The van der Waals surface area contributed by atoms with Gasteiger partial charge in [-0.1, -0.05) is 59.8 Å². The molecule has 6 nitrogen and oxygen atoms in total. The van der Waals surface area contributed by atoms with Crippen LogP contribution in [-0.2, 0) is 5.75 Å². The van der Waals surface area contributed by atoms with E-state index in [0.29, 0.717) is 27.5 Å². The molecule has 0 fully saturated rings. The van der Waals surface area contributed by atoms with Gasteiger partial charge in [0.05, 0.1) is 0 Å². The van der Waals surface area contributed by atoms with Gasteiger partial charge in [-0.2, -0.15) is 4.98 Å². The third-order valence-electron chi connectivity index (χ3n) is 4.60. The summed E-state index contributed by atoms with van der Waals surface area (Å²) < 4.78 is 6.24. The van der Waals surface area contributed by atoms with Crippen LogP contribution < -0.4 is 10.1 Å². The maximum atomic E-state index is 6.24. The number of aromatic nitrogens is 4. The molecule has 0 saturated heterocycles. The summed E-state index contributed by atoms with van der Waals surface area (Å²) in [6.45, 7) is 0. The van der Waals surface area contributed by atoms with Crippen molar-refractivity contribution in [3.63, 3.8) is 0 Å². The molecule has 2 aromatic heterocycles. The Balaban J connectivity index is 1.48. The van der Waals surface area contributed by atoms with Gasteiger partial charge in [0.25, 0.3) is 0 Å². The van der Waals surface area contributed by atoms with Crippen LogP contribution >= 0.6 is 23.4 Å². The summed E-state index contributed by atoms with van der Waals surface area (Å²) in [7, 11) is 0. The Kier molecular flexibility index (Phi) is 5.21. The minimum Gasteiger partial charge on any atom is -0.448 e. The monoisotopic (exact) mass is 433 g/mol. The standard InChI is InChI=1S/C22H16ClN5OS/c23-16-9-7-14(8-10-16)13-30-22-26-21-19(27-28-22)17-5-1-2-6-18(17)25-20(29-21)15-4-3-11-24-12-15/h1-12,20,25H,13H2. The van der Waals surface area contributed by atoms with Crippen LogP contribution in [0.3, 0.4) is 0 Å². The van der Waals surface area contributed by atoms with Gasteiger partial charge in [0.15, 0.2) is 11.9 Å². The van der Waals surface area contributed by atoms with E-state index in [1.54, 1.807) is 12.4 Å². The van der Waals surface area contributed by atoms with Crippen LogP contribution in [0.4, 0.5) is 5.69 Å². The third-order valence-corrected chi connectivity index (χ3v) is 5.76. The first-order valence-electron chi connectivity index (χ1n) is 9.31. The highest BCUT2D eigenvalue weighted by Crippen LogP contribution is 2.39. The molecule has 2 aromatic carbocycles. The van der Waals surface area contributed by atoms with E-state index in [-0.39, 0.29) is 0 Å². The van der Waals surface area contributed by atoms with Crippen molar-refractivity contribution < 1.29 is 4.74 Å². The number of fused-ring (bicyclic) bond motifs is 3. The maximum Gasteiger partial charge on any atom is 0.247 e. The van der Waals surface area contributed by atoms with Crippen molar-refractivity contribution >= 4 is 29.1 Å². The molecular weight excluding hydrogens is 418 g/mol. The molecule has 1 N–H and O–H groups in total. The van der Waals surface area contributed by atoms with Gasteiger partial charge in [-0.25, -0.2) is 0 Å². The quantitative estimate of drug-likeness (QED) is 0.433. The zero-order valence-corrected chi connectivity index (χ0v) is 17.3. The SMILES string of the molecule is Clc1ccc(CSc2nnc3c(n2)OC(c2cccnc2)Nc2ccccc2-3)cc1. The van der Waals surface area contributed by atoms with E-state index in [0.717, 1.165) is 22.4 Å². The number of hydrogen-bond donors (Lipinski definition) is 1. The number of para-hydroxylation sites is 1. The Morgan fingerprint density at radius 1 is 1.00 bits per heavy atom. The molecule has 1 aliphatic heterocycles. The lowest BCUT2D eigenvalue weighted by Crippen LogP contribution is -2.17. The number of pyridine rings is 1. The molecule has 3 heterocycles. The minimum absolute atomic E-state index is 0.438. The number of thioether (sulfide) groups is 1. The van der Waals surface area contributed by atoms with Crippen LogP contribution in [0.15, 0.2) is 78.2 Å². The smallest absolute Gasteiger partial charge is 0.247 e. The van der Waals surface area contributed by atoms with Crippen molar-refractivity contribution in [2.75, 3.05) is 5.32 Å². The summed E-state index contributed by atoms with van der Waals surface area (Å²) in [5.74, 6) is 1.15. The third kappa shape index (κ3) is 3.94. The molecule has 0 spiro atoms. The lowest BCUT2D eigenvalue weighted by molar-refractivity contribution is 0.225. The molecular formula is C22H16ClN5OS. The van der Waals surface area contributed by atoms with Crippen LogP contribution in [-0.4, -0.2) is 20.2 Å². The van der Waals surface area contributed by atoms with Gasteiger partial charge in [0, 0.05) is 40.0 Å². The zero-order chi connectivity index (χ0) is 20.3. The van der Waals surface area contributed by atoms with Crippen molar-refractivity contribution in [2.45, 2.75) is 17.1 Å². The molecule has 0 radical (unpaired) electrons. The Morgan fingerprint density at radius 3 is 2.70 bits per heavy atom. The van der Waals surface area contributed by atoms with Crippen LogP contribution in [0.2, 0.25) is 5.02 Å². The second-order valence-electron chi connectivity index (χ2n) is 6.64. The van der Waals surface area contributed by atoms with Gasteiger partial charge >= 0.3 is 0 Å². The summed E-state index contributed by atoms with van der Waals surface area (Å²) in [6.07, 6.45) is 3.07. The first-order valence-corrected chi connectivity index (χ1v) is 10.7. The van der Waals surface area contributed by atoms with E-state index in [9.17, 15) is 0 Å². The molecule has 0 bridgehead atoms. The fourth-order valence-electron chi connectivity index (χ4n) is 3.12. The number of benzene rings is 2. The van der Waals surface area contributed by atoms with E-state index >= 15 is 0 Å². The van der Waals surface area contributed by atoms with Gasteiger partial charge < -0.3 is 10.1 Å². The molecule has 148 valence electrons. The summed E-state index contributed by atoms with van der Waals surface area (Å²) in [5, 5.41) is 13.4. The van der Waals surface area contributed by atoms with E-state index in [1.165, 1.54) is 11.8 Å². The summed E-state index contributed by atoms with van der Waals surface area (Å²) in [6, 6.07) is 19.5. The van der Waals surface area contributed by atoms with Gasteiger partial charge in [-0.3, -0.25) is 4.98 Å². The molecule has 1 aliphatic rings. The summed E-state index contributed by atoms with van der Waals surface area (Å²) in [5.41, 5.74) is 4.44. The molecule has 1 unspecified atom stereocenters. The van der Waals surface area contributed by atoms with Crippen molar-refractivity contribution in [3.8, 4) is 17.1 Å². The van der Waals surface area contributed by atoms with Crippen LogP contribution in [0.5, 0.6) is 5.88 Å². The average molecular weight is 434 g/mol. The molecule has 0 amide bonds. The summed E-state index contributed by atoms with van der Waals surface area (Å²) in [4.78, 5) is 8.87. The number of halogens is 1. The molecule has 4 aromatic rings. The lowest BCUT2D eigenvalue weighted by atomic mass is 10.1. The predicted octanol–water partition coefficient (Wildman–Crippen LogP) is 5.38. The highest BCUT2D eigenvalue weighted by Gasteiger charge is 2.26. The van der Waals surface area contributed by atoms with Gasteiger partial charge in [-0.05, 0) is 29.8 Å². The molecule has 8 heteroatoms. The molecule has 0 saturated carbocycles. The molecule has 5 rings (SSSR count). The number of nitrogens with one attached hydrogen (secondary N) is 1. The van der Waals surface area contributed by atoms with Gasteiger partial charge in [0.1, 0.15) is 0 Å². The maximum absolute atomic E-state index is 6.24. The van der Waals surface area contributed by atoms with Crippen molar-refractivity contribution in [3.05, 3.63) is 89.2 Å². The van der Waals surface area contributed by atoms with Crippen molar-refractivity contribution in [1.82, 2.24) is 20.2 Å². The fraction of sp³-hybridized carbons (Fsp3) is 0.0909. The van der Waals surface area contributed by atoms with E-state index in [2.05, 4.69) is 25.5 Å². The van der Waals surface area contributed by atoms with Gasteiger partial charge in [0.2, 0.25) is 11.0 Å². The van der Waals surface area contributed by atoms with Crippen molar-refractivity contribution in [1.29, 1.82) is 0 Å². The largest absolute Gasteiger partial charge is 0.448 e. The number of anilines is 1. The highest BCUT2D eigenvalue weighted by molar-refractivity contribution is 7.98. The van der Waals surface area contributed by atoms with E-state index < -0.39 is 6.23 Å². The zero-order valence-electron chi connectivity index (χ0n) is 15.7. The van der Waals surface area contributed by atoms with Crippen LogP contribution in [0.25, 0.3) is 11.3 Å². The highest BCUT2D eigenvalue weighted by atomic mass is 35.5. The number of ether oxygens (including phenoxy) is 1. The van der Waals surface area contributed by atoms with Gasteiger partial charge in [-0.15, -0.1) is 10.2 Å². The van der Waals surface area contributed by atoms with Crippen molar-refractivity contribution in [2.24, 2.45) is 0 Å². The first kappa shape index (κ1) is 18.8. The Morgan fingerprint density at radius 2 is 1.87 bits per heavy atom. The van der Waals surface area contributed by atoms with Crippen LogP contribution in [0, 0.1) is 0 Å². The number of rotatable bonds is 4. The number of nitrogens with zero attached hydrogens (tertiary/aromatic N) is 4. The normalized spacial score (nSPS) is 14.6. The minimum atomic E-state index is -0.438. The Hall–Kier alpha value is -3.16. The second-order valence-corrected chi connectivity index (χ2v) is 8.02. The Labute approximate surface area is 182 Å². The second kappa shape index (κ2) is 8.30. The first-order chi connectivity index (χ1) is 14.8. The van der Waals surface area contributed by atoms with Crippen LogP contribution in [0.1, 0.15) is 17.4 Å². The Bertz CT molecular complexity index is 1170. The van der Waals surface area contributed by atoms with E-state index in [4.69, 9.17) is 16.3 Å². The lowest BCUT2D eigenvalue weighted by Gasteiger charge is -2.18. The topological polar surface area (TPSA) is 72.8 Å². The molecule has 30 heavy (non-hydrogen) atoms. The predicted molar refractivity (Wildman–Crippen MR) is 118 cm³/mol. The molecule has 1 atom stereocenters. The average Bonchev–Trinajstić information content (AvgIpc) is 2.96.